The summed E-state index contributed by atoms with van der Waals surface area (Å²) in [6, 6.07) is -2.48. The zero-order chi connectivity index (χ0) is 71.3. The summed E-state index contributed by atoms with van der Waals surface area (Å²) in [5, 5.41) is 151. The standard InChI is InChI=1S/C56H96N18O24/c57-7-23-35(77)39(81)29(65)51(87-23)93-45-19(63)5-17(61)33(75)49(45)97-55-43(85)47(95-53-31(67)41(83)37(79)25(9-59)89-53)27(91-55)13-73-11-21(69-71-73)15-1-2-16(4-3-15)22-12-74(72-70-22)14-28-48(96-54-32(68)42(84)38(80)26(10-60)90-54)44(86)56(92-28)98-50-34(76)18(62)6-20(64)46(50)94-52-30(66)40(82)36(78)24(8-58)88-52/h1-4,11-12,17-20,23-56,75-86H,5-10,13-14,57-68H2/t17-,18-,19?,20?,23?,24?,25+,26+,27-,28-,29?,30?,31?,32?,33?,34?,35?,36?,37?,38?,39-,40-,41?,42?,43?,44?,45?,46?,47+,48+,49-,50-,51-,52-,53-,54-,55+,56+/m1/s1/i/hD. The molecule has 2 aliphatic carbocycles. The fourth-order valence-corrected chi connectivity index (χ4v) is 13.7. The van der Waals surface area contributed by atoms with E-state index in [4.69, 9.17) is 121 Å². The van der Waals surface area contributed by atoms with Crippen molar-refractivity contribution in [1.29, 1.82) is 0 Å². The molecule has 3 aromatic rings. The van der Waals surface area contributed by atoms with Crippen molar-refractivity contribution in [2.75, 3.05) is 26.2 Å². The highest BCUT2D eigenvalue weighted by molar-refractivity contribution is 5.65. The van der Waals surface area contributed by atoms with Crippen LogP contribution in [0.5, 0.6) is 0 Å². The third-order valence-corrected chi connectivity index (χ3v) is 19.6. The van der Waals surface area contributed by atoms with E-state index in [2.05, 4.69) is 26.4 Å². The number of hydrogen-bond acceptors (Lipinski definition) is 40. The number of nitrogens with zero attached hydrogens (tertiary/aromatic N) is 6. The monoisotopic (exact) mass is 1410 g/mol. The molecule has 0 spiro atoms. The van der Waals surface area contributed by atoms with E-state index in [0.717, 1.165) is 0 Å². The molecule has 6 aliphatic heterocycles. The van der Waals surface area contributed by atoms with E-state index in [1.54, 1.807) is 36.7 Å². The molecule has 8 aliphatic rings. The molecule has 0 radical (unpaired) electrons. The smallest absolute Gasteiger partial charge is 0.187 e. The van der Waals surface area contributed by atoms with Gasteiger partial charge in [-0.1, -0.05) is 34.7 Å². The van der Waals surface area contributed by atoms with E-state index in [0.29, 0.717) is 22.5 Å². The Morgan fingerprint density at radius 3 is 0.959 bits per heavy atom. The fraction of sp³-hybridized carbons (Fsp3) is 0.821. The summed E-state index contributed by atoms with van der Waals surface area (Å²) in [6.45, 7) is -1.43. The summed E-state index contributed by atoms with van der Waals surface area (Å²) in [5.41, 5.74) is 71.9. The first-order valence-electron chi connectivity index (χ1n) is 32.9. The molecule has 98 heavy (non-hydrogen) atoms. The largest absolute Gasteiger partial charge is 0.389 e. The molecule has 8 fully saturated rings. The van der Waals surface area contributed by atoms with Crippen LogP contribution in [0.1, 0.15) is 12.8 Å². The van der Waals surface area contributed by atoms with E-state index in [1.807, 2.05) is 0 Å². The maximum absolute atomic E-state index is 12.1. The molecule has 2 aromatic heterocycles. The number of aromatic nitrogens is 6. The van der Waals surface area contributed by atoms with Gasteiger partial charge in [-0.2, -0.15) is 0 Å². The third kappa shape index (κ3) is 15.2. The first-order valence-corrected chi connectivity index (χ1v) is 32.4. The predicted molar refractivity (Wildman–Crippen MR) is 327 cm³/mol. The Bertz CT molecular complexity index is 3050. The van der Waals surface area contributed by atoms with Crippen molar-refractivity contribution in [3.05, 3.63) is 36.7 Å². The Balaban J connectivity index is 0.801. The van der Waals surface area contributed by atoms with Crippen LogP contribution in [-0.4, -0.2) is 350 Å². The number of rotatable bonds is 23. The minimum Gasteiger partial charge on any atom is -0.389 e. The summed E-state index contributed by atoms with van der Waals surface area (Å²) in [5.74, 6) is 0. The van der Waals surface area contributed by atoms with Crippen molar-refractivity contribution in [2.24, 2.45) is 68.8 Å². The lowest BCUT2D eigenvalue weighted by Gasteiger charge is -2.47. The highest BCUT2D eigenvalue weighted by atomic mass is 16.8. The van der Waals surface area contributed by atoms with Crippen LogP contribution >= 0.6 is 0 Å². The van der Waals surface area contributed by atoms with Crippen molar-refractivity contribution >= 4 is 0 Å². The lowest BCUT2D eigenvalue weighted by atomic mass is 9.84. The molecule has 8 heterocycles. The SMILES string of the molecule is [2H]NC1C(O)C(O)[C@H](CN)O[C@@H]1O[C@@H]1C(O)[C@H](O[C@H]2C(O[C@H]3OC(CN)C(O)[C@H](O)C3N)C(N)C[C@@H](N)C2O)O[C@@H]1Cn1cc(-c2ccc(-c3cn(C[C@H]4O[C@@H](O[C@H]5C(O[C@H]6OC(CN)C(O)[C@H](O)C6N)C(N)C[C@@H](N)C5O)C(O)[C@H]4O[C@H]4O[C@@H](CN)C(O)C(O)C4N)nn3)cc2)nn1. The number of aliphatic hydroxyl groups is 12. The topological polar surface area (TPSA) is 727 Å². The van der Waals surface area contributed by atoms with Crippen LogP contribution in [0.25, 0.3) is 22.5 Å². The second-order valence-electron chi connectivity index (χ2n) is 26.3. The van der Waals surface area contributed by atoms with Gasteiger partial charge in [0.1, 0.15) is 147 Å². The lowest BCUT2D eigenvalue weighted by molar-refractivity contribution is -0.306. The predicted octanol–water partition coefficient (Wildman–Crippen LogP) is -15.5. The van der Waals surface area contributed by atoms with Crippen molar-refractivity contribution in [3.63, 3.8) is 0 Å². The summed E-state index contributed by atoms with van der Waals surface area (Å²) >= 11 is 0. The quantitative estimate of drug-likeness (QED) is 0.0419. The summed E-state index contributed by atoms with van der Waals surface area (Å²) in [7, 11) is 0. The fourth-order valence-electron chi connectivity index (χ4n) is 13.7. The van der Waals surface area contributed by atoms with E-state index in [9.17, 15) is 61.3 Å². The van der Waals surface area contributed by atoms with Crippen LogP contribution in [0.2, 0.25) is 1.41 Å². The zero-order valence-corrected chi connectivity index (χ0v) is 52.9. The molecule has 11 rings (SSSR count). The second-order valence-corrected chi connectivity index (χ2v) is 26.3. The molecule has 42 nitrogen and oxygen atoms in total. The molecule has 38 atom stereocenters. The minimum absolute atomic E-state index is 0.00132. The van der Waals surface area contributed by atoms with Crippen LogP contribution in [0, 0.1) is 0 Å². The Morgan fingerprint density at radius 1 is 0.357 bits per heavy atom. The molecule has 0 bridgehead atoms. The molecular formula is C56H96N18O24. The zero-order valence-electron chi connectivity index (χ0n) is 53.9. The lowest BCUT2D eigenvalue weighted by Crippen LogP contribution is -2.68. The number of ether oxygens (including phenoxy) is 12. The second kappa shape index (κ2) is 31.6. The summed E-state index contributed by atoms with van der Waals surface area (Å²) < 4.78 is 84.6. The van der Waals surface area contributed by atoms with Crippen molar-refractivity contribution in [3.8, 4) is 22.5 Å². The Labute approximate surface area is 560 Å². The number of hydrogen-bond donors (Lipinski definition) is 24. The van der Waals surface area contributed by atoms with Crippen LogP contribution in [0.15, 0.2) is 36.7 Å². The highest BCUT2D eigenvalue weighted by Gasteiger charge is 2.58. The van der Waals surface area contributed by atoms with Gasteiger partial charge in [-0.25, -0.2) is 9.36 Å². The van der Waals surface area contributed by atoms with Crippen LogP contribution in [-0.2, 0) is 69.9 Å². The van der Waals surface area contributed by atoms with Crippen molar-refractivity contribution < 1.29 is 120 Å². The van der Waals surface area contributed by atoms with E-state index >= 15 is 0 Å². The van der Waals surface area contributed by atoms with Crippen LogP contribution in [0.3, 0.4) is 0 Å². The molecule has 2 saturated carbocycles. The van der Waals surface area contributed by atoms with Gasteiger partial charge in [-0.3, -0.25) is 0 Å². The molecule has 20 unspecified atom stereocenters. The van der Waals surface area contributed by atoms with Gasteiger partial charge in [0.05, 0.1) is 61.9 Å². The van der Waals surface area contributed by atoms with Gasteiger partial charge in [0.25, 0.3) is 0 Å². The number of benzene rings is 1. The first kappa shape index (κ1) is 73.8. The van der Waals surface area contributed by atoms with Crippen LogP contribution < -0.4 is 68.8 Å². The van der Waals surface area contributed by atoms with Gasteiger partial charge in [-0.05, 0) is 12.8 Å². The minimum atomic E-state index is -1.77. The Morgan fingerprint density at radius 2 is 0.643 bits per heavy atom. The molecule has 1 aromatic carbocycles. The Hall–Kier alpha value is -3.94. The highest BCUT2D eigenvalue weighted by Crippen LogP contribution is 2.39. The van der Waals surface area contributed by atoms with Crippen molar-refractivity contribution in [1.82, 2.24) is 30.0 Å². The maximum Gasteiger partial charge on any atom is 0.187 e. The van der Waals surface area contributed by atoms with E-state index < -0.39 is 233 Å². The molecule has 36 N–H and O–H groups in total. The molecule has 554 valence electrons. The van der Waals surface area contributed by atoms with Crippen molar-refractivity contribution in [2.45, 2.75) is 259 Å². The van der Waals surface area contributed by atoms with E-state index in [1.165, 1.54) is 9.36 Å². The van der Waals surface area contributed by atoms with Gasteiger partial charge in [0.2, 0.25) is 0 Å². The van der Waals surface area contributed by atoms with E-state index in [-0.39, 0.29) is 52.1 Å². The summed E-state index contributed by atoms with van der Waals surface area (Å²) in [4.78, 5) is 0. The number of aliphatic hydroxyl groups excluding tert-OH is 12. The van der Waals surface area contributed by atoms with Gasteiger partial charge in [-0.15, -0.1) is 10.2 Å². The average Bonchev–Trinajstić information content (AvgIpc) is 1.77. The average molecular weight is 1410 g/mol. The van der Waals surface area contributed by atoms with Gasteiger partial charge >= 0.3 is 0 Å². The first-order chi connectivity index (χ1) is 47.2. The molecular weight excluding hydrogens is 1310 g/mol. The van der Waals surface area contributed by atoms with Gasteiger partial charge in [0.15, 0.2) is 37.7 Å². The molecule has 42 heteroatoms. The number of nitrogens with two attached hydrogens (primary N) is 12. The Kier molecular flexibility index (Phi) is 23.8. The molecule has 0 amide bonds. The van der Waals surface area contributed by atoms with Crippen LogP contribution in [0.4, 0.5) is 0 Å². The van der Waals surface area contributed by atoms with Gasteiger partial charge < -0.3 is 187 Å². The van der Waals surface area contributed by atoms with Gasteiger partial charge in [0, 0.05) is 61.5 Å². The normalized spacial score (nSPS) is 48.1. The molecule has 6 saturated heterocycles. The third-order valence-electron chi connectivity index (χ3n) is 19.6. The summed E-state index contributed by atoms with van der Waals surface area (Å²) in [6.07, 6.45) is -40.3. The maximum atomic E-state index is 12.1.